The summed E-state index contributed by atoms with van der Waals surface area (Å²) in [5.41, 5.74) is 2.32. The second kappa shape index (κ2) is 8.34. The Morgan fingerprint density at radius 1 is 1.17 bits per heavy atom. The average Bonchev–Trinajstić information content (AvgIpc) is 2.53. The minimum absolute atomic E-state index is 0.0938. The van der Waals surface area contributed by atoms with Gasteiger partial charge in [0.05, 0.1) is 7.11 Å². The molecule has 0 atom stereocenters. The molecule has 3 nitrogen and oxygen atoms in total. The van der Waals surface area contributed by atoms with Gasteiger partial charge in [0.15, 0.2) is 5.78 Å². The van der Waals surface area contributed by atoms with Crippen molar-refractivity contribution in [2.75, 3.05) is 21.2 Å². The van der Waals surface area contributed by atoms with Gasteiger partial charge in [-0.15, -0.1) is 0 Å². The lowest BCUT2D eigenvalue weighted by molar-refractivity contribution is 0.104. The van der Waals surface area contributed by atoms with Gasteiger partial charge in [0, 0.05) is 27.7 Å². The van der Waals surface area contributed by atoms with Gasteiger partial charge in [-0.3, -0.25) is 4.79 Å². The fourth-order valence-corrected chi connectivity index (χ4v) is 2.77. The van der Waals surface area contributed by atoms with Gasteiger partial charge in [-0.05, 0) is 62.1 Å². The summed E-state index contributed by atoms with van der Waals surface area (Å²) >= 11 is 12.0. The smallest absolute Gasteiger partial charge is 0.185 e. The quantitative estimate of drug-likeness (QED) is 0.536. The molecule has 0 aliphatic carbocycles. The molecule has 0 saturated heterocycles. The number of ether oxygens (including phenoxy) is 1. The van der Waals surface area contributed by atoms with Crippen molar-refractivity contribution in [3.8, 4) is 5.75 Å². The maximum Gasteiger partial charge on any atom is 0.185 e. The third kappa shape index (κ3) is 4.84. The van der Waals surface area contributed by atoms with Crippen LogP contribution in [0, 0.1) is 0 Å². The molecular weight excluding hydrogens is 345 g/mol. The molecule has 5 heteroatoms. The Morgan fingerprint density at radius 3 is 2.54 bits per heavy atom. The van der Waals surface area contributed by atoms with E-state index in [2.05, 4.69) is 0 Å². The molecule has 0 radical (unpaired) electrons. The highest BCUT2D eigenvalue weighted by Crippen LogP contribution is 2.24. The van der Waals surface area contributed by atoms with Gasteiger partial charge in [-0.25, -0.2) is 0 Å². The maximum absolute atomic E-state index is 12.4. The van der Waals surface area contributed by atoms with E-state index >= 15 is 0 Å². The van der Waals surface area contributed by atoms with Crippen LogP contribution in [-0.4, -0.2) is 31.9 Å². The van der Waals surface area contributed by atoms with Gasteiger partial charge < -0.3 is 9.64 Å². The summed E-state index contributed by atoms with van der Waals surface area (Å²) in [6.45, 7) is 0.691. The van der Waals surface area contributed by atoms with E-state index in [1.54, 1.807) is 37.5 Å². The average molecular weight is 364 g/mol. The maximum atomic E-state index is 12.4. The first-order chi connectivity index (χ1) is 11.4. The van der Waals surface area contributed by atoms with E-state index in [1.165, 1.54) is 6.08 Å². The van der Waals surface area contributed by atoms with Crippen LogP contribution >= 0.6 is 23.2 Å². The SMILES string of the molecule is COc1ccc(C(=O)C=Cc2ccc(Cl)cc2Cl)cc1CN(C)C. The molecule has 0 bridgehead atoms. The van der Waals surface area contributed by atoms with Gasteiger partial charge >= 0.3 is 0 Å². The number of ketones is 1. The van der Waals surface area contributed by atoms with Crippen molar-refractivity contribution in [1.82, 2.24) is 4.90 Å². The molecule has 2 rings (SSSR count). The predicted molar refractivity (Wildman–Crippen MR) is 100 cm³/mol. The van der Waals surface area contributed by atoms with Crippen molar-refractivity contribution >= 4 is 35.1 Å². The Labute approximate surface area is 152 Å². The van der Waals surface area contributed by atoms with E-state index in [1.807, 2.05) is 31.1 Å². The van der Waals surface area contributed by atoms with Crippen molar-refractivity contribution < 1.29 is 9.53 Å². The molecule has 0 fully saturated rings. The standard InChI is InChI=1S/C19H19Cl2NO2/c1-22(2)12-15-10-14(6-9-19(15)24-3)18(23)8-5-13-4-7-16(20)11-17(13)21/h4-11H,12H2,1-3H3. The second-order valence-corrected chi connectivity index (χ2v) is 6.47. The Kier molecular flexibility index (Phi) is 6.44. The summed E-state index contributed by atoms with van der Waals surface area (Å²) in [4.78, 5) is 14.4. The number of carbonyl (C=O) groups is 1. The number of methoxy groups -OCH3 is 1. The summed E-state index contributed by atoms with van der Waals surface area (Å²) in [6.07, 6.45) is 3.20. The molecule has 0 spiro atoms. The number of nitrogens with zero attached hydrogens (tertiary/aromatic N) is 1. The molecule has 0 amide bonds. The van der Waals surface area contributed by atoms with Crippen LogP contribution in [0.5, 0.6) is 5.75 Å². The lowest BCUT2D eigenvalue weighted by Gasteiger charge is -2.14. The zero-order chi connectivity index (χ0) is 17.7. The van der Waals surface area contributed by atoms with E-state index in [0.29, 0.717) is 22.2 Å². The van der Waals surface area contributed by atoms with E-state index in [-0.39, 0.29) is 5.78 Å². The Bertz CT molecular complexity index is 770. The highest BCUT2D eigenvalue weighted by Gasteiger charge is 2.09. The molecule has 0 aliphatic heterocycles. The molecular formula is C19H19Cl2NO2. The van der Waals surface area contributed by atoms with E-state index in [0.717, 1.165) is 16.9 Å². The molecule has 126 valence electrons. The fourth-order valence-electron chi connectivity index (χ4n) is 2.29. The van der Waals surface area contributed by atoms with Gasteiger partial charge in [0.2, 0.25) is 0 Å². The van der Waals surface area contributed by atoms with Crippen LogP contribution in [0.3, 0.4) is 0 Å². The Morgan fingerprint density at radius 2 is 1.92 bits per heavy atom. The normalized spacial score (nSPS) is 11.2. The third-order valence-corrected chi connectivity index (χ3v) is 3.99. The van der Waals surface area contributed by atoms with Crippen molar-refractivity contribution in [2.24, 2.45) is 0 Å². The molecule has 0 saturated carbocycles. The zero-order valence-corrected chi connectivity index (χ0v) is 15.4. The first kappa shape index (κ1) is 18.5. The predicted octanol–water partition coefficient (Wildman–Crippen LogP) is 4.96. The van der Waals surface area contributed by atoms with Crippen LogP contribution in [0.1, 0.15) is 21.5 Å². The minimum atomic E-state index is -0.0938. The molecule has 0 aromatic heterocycles. The third-order valence-electron chi connectivity index (χ3n) is 3.43. The van der Waals surface area contributed by atoms with Crippen molar-refractivity contribution in [3.63, 3.8) is 0 Å². The van der Waals surface area contributed by atoms with Gasteiger partial charge in [-0.1, -0.05) is 29.3 Å². The number of halogens is 2. The monoisotopic (exact) mass is 363 g/mol. The zero-order valence-electron chi connectivity index (χ0n) is 13.8. The number of benzene rings is 2. The van der Waals surface area contributed by atoms with Crippen LogP contribution in [0.4, 0.5) is 0 Å². The van der Waals surface area contributed by atoms with Crippen LogP contribution < -0.4 is 4.74 Å². The summed E-state index contributed by atoms with van der Waals surface area (Å²) < 4.78 is 5.35. The first-order valence-electron chi connectivity index (χ1n) is 7.40. The number of hydrogen-bond donors (Lipinski definition) is 0. The fraction of sp³-hybridized carbons (Fsp3) is 0.211. The van der Waals surface area contributed by atoms with Crippen molar-refractivity contribution in [1.29, 1.82) is 0 Å². The Balaban J connectivity index is 2.24. The molecule has 2 aromatic rings. The number of rotatable bonds is 6. The van der Waals surface area contributed by atoms with E-state index < -0.39 is 0 Å². The molecule has 24 heavy (non-hydrogen) atoms. The van der Waals surface area contributed by atoms with Crippen molar-refractivity contribution in [3.05, 3.63) is 69.2 Å². The van der Waals surface area contributed by atoms with Gasteiger partial charge in [-0.2, -0.15) is 0 Å². The van der Waals surface area contributed by atoms with Crippen LogP contribution in [0.2, 0.25) is 10.0 Å². The second-order valence-electron chi connectivity index (χ2n) is 5.63. The topological polar surface area (TPSA) is 29.5 Å². The van der Waals surface area contributed by atoms with Crippen LogP contribution in [0.25, 0.3) is 6.08 Å². The minimum Gasteiger partial charge on any atom is -0.496 e. The molecule has 0 unspecified atom stereocenters. The van der Waals surface area contributed by atoms with Gasteiger partial charge in [0.25, 0.3) is 0 Å². The highest BCUT2D eigenvalue weighted by atomic mass is 35.5. The molecule has 2 aromatic carbocycles. The number of allylic oxidation sites excluding steroid dienone is 1. The first-order valence-corrected chi connectivity index (χ1v) is 8.15. The Hall–Kier alpha value is -1.81. The summed E-state index contributed by atoms with van der Waals surface area (Å²) in [5, 5.41) is 1.07. The molecule has 0 heterocycles. The molecule has 0 N–H and O–H groups in total. The largest absolute Gasteiger partial charge is 0.496 e. The molecule has 0 aliphatic rings. The summed E-state index contributed by atoms with van der Waals surface area (Å²) in [7, 11) is 5.56. The summed E-state index contributed by atoms with van der Waals surface area (Å²) in [5.74, 6) is 0.675. The lowest BCUT2D eigenvalue weighted by Crippen LogP contribution is -2.12. The van der Waals surface area contributed by atoms with E-state index in [9.17, 15) is 4.79 Å². The van der Waals surface area contributed by atoms with Gasteiger partial charge in [0.1, 0.15) is 5.75 Å². The van der Waals surface area contributed by atoms with Crippen molar-refractivity contribution in [2.45, 2.75) is 6.54 Å². The van der Waals surface area contributed by atoms with Crippen LogP contribution in [-0.2, 0) is 6.54 Å². The number of hydrogen-bond acceptors (Lipinski definition) is 3. The highest BCUT2D eigenvalue weighted by molar-refractivity contribution is 6.35. The lowest BCUT2D eigenvalue weighted by atomic mass is 10.0. The number of carbonyl (C=O) groups excluding carboxylic acids is 1. The van der Waals surface area contributed by atoms with E-state index in [4.69, 9.17) is 27.9 Å². The van der Waals surface area contributed by atoms with Crippen LogP contribution in [0.15, 0.2) is 42.5 Å². The summed E-state index contributed by atoms with van der Waals surface area (Å²) in [6, 6.07) is 10.6.